The number of hydrogen-bond donors (Lipinski definition) is 1. The molecular weight excluding hydrogens is 463 g/mol. The molecule has 0 radical (unpaired) electrons. The zero-order valence-corrected chi connectivity index (χ0v) is 21.2. The third kappa shape index (κ3) is 4.88. The molecule has 1 aliphatic heterocycles. The summed E-state index contributed by atoms with van der Waals surface area (Å²) in [6.45, 7) is 0.914. The van der Waals surface area contributed by atoms with Crippen molar-refractivity contribution in [3.8, 4) is 17.1 Å². The van der Waals surface area contributed by atoms with E-state index >= 15 is 0 Å². The predicted octanol–water partition coefficient (Wildman–Crippen LogP) is 3.99. The Kier molecular flexibility index (Phi) is 6.71. The molecule has 9 heteroatoms. The molecule has 0 bridgehead atoms. The number of fused-ring (bicyclic) bond motifs is 1. The summed E-state index contributed by atoms with van der Waals surface area (Å²) in [5, 5.41) is 3.93. The first-order valence-electron chi connectivity index (χ1n) is 11.9. The molecule has 1 aliphatic rings. The standard InChI is InChI=1S/C26H31FN6OS/c1-28-24-6-4-18(14-22(24)27)23-7-5-21-19(8-11-32(3)20-9-12-35(34)13-10-20)15-33(26(21)30-23)25-16-31(2)17-29-25/h4-7,14-17,20,28H,8-13H2,1-3H3. The fraction of sp³-hybridized carbons (Fsp3) is 0.385. The minimum absolute atomic E-state index is 0.303. The van der Waals surface area contributed by atoms with Crippen molar-refractivity contribution in [2.45, 2.75) is 25.3 Å². The van der Waals surface area contributed by atoms with E-state index in [4.69, 9.17) is 4.98 Å². The van der Waals surface area contributed by atoms with Crippen molar-refractivity contribution in [3.63, 3.8) is 0 Å². The number of benzene rings is 1. The van der Waals surface area contributed by atoms with Gasteiger partial charge < -0.3 is 14.8 Å². The lowest BCUT2D eigenvalue weighted by Crippen LogP contribution is -2.38. The average molecular weight is 495 g/mol. The Balaban J connectivity index is 1.48. The fourth-order valence-electron chi connectivity index (χ4n) is 4.81. The molecule has 5 rings (SSSR count). The number of aryl methyl sites for hydroxylation is 1. The van der Waals surface area contributed by atoms with Crippen LogP contribution in [0.1, 0.15) is 18.4 Å². The van der Waals surface area contributed by atoms with Gasteiger partial charge in [-0.15, -0.1) is 0 Å². The summed E-state index contributed by atoms with van der Waals surface area (Å²) in [6.07, 6.45) is 8.72. The van der Waals surface area contributed by atoms with Gasteiger partial charge in [0.1, 0.15) is 11.5 Å². The van der Waals surface area contributed by atoms with Crippen molar-refractivity contribution in [2.24, 2.45) is 7.05 Å². The maximum absolute atomic E-state index is 14.4. The molecule has 7 nitrogen and oxygen atoms in total. The monoisotopic (exact) mass is 494 g/mol. The van der Waals surface area contributed by atoms with E-state index < -0.39 is 10.8 Å². The summed E-state index contributed by atoms with van der Waals surface area (Å²) in [7, 11) is 5.16. The minimum Gasteiger partial charge on any atom is -0.386 e. The van der Waals surface area contributed by atoms with Crippen LogP contribution in [-0.2, 0) is 24.3 Å². The molecule has 0 amide bonds. The second kappa shape index (κ2) is 9.91. The van der Waals surface area contributed by atoms with Crippen LogP contribution >= 0.6 is 0 Å². The van der Waals surface area contributed by atoms with Gasteiger partial charge in [0, 0.05) is 72.3 Å². The van der Waals surface area contributed by atoms with Gasteiger partial charge in [0.2, 0.25) is 0 Å². The summed E-state index contributed by atoms with van der Waals surface area (Å²) in [5.41, 5.74) is 3.92. The molecule has 0 spiro atoms. The molecule has 0 saturated carbocycles. The average Bonchev–Trinajstić information content (AvgIpc) is 3.45. The Labute approximate surface area is 207 Å². The Morgan fingerprint density at radius 1 is 1.20 bits per heavy atom. The van der Waals surface area contributed by atoms with E-state index in [0.29, 0.717) is 17.4 Å². The minimum atomic E-state index is -0.648. The highest BCUT2D eigenvalue weighted by Gasteiger charge is 2.22. The number of aromatic nitrogens is 4. The number of rotatable bonds is 7. The number of likely N-dealkylation sites (N-methyl/N-ethyl adjacent to an activating group) is 1. The van der Waals surface area contributed by atoms with E-state index in [9.17, 15) is 8.60 Å². The molecule has 35 heavy (non-hydrogen) atoms. The Morgan fingerprint density at radius 2 is 2.00 bits per heavy atom. The summed E-state index contributed by atoms with van der Waals surface area (Å²) < 4.78 is 30.1. The lowest BCUT2D eigenvalue weighted by Gasteiger charge is -2.30. The molecule has 4 heterocycles. The molecule has 4 aromatic rings. The van der Waals surface area contributed by atoms with Crippen LogP contribution in [0.4, 0.5) is 10.1 Å². The normalized spacial score (nSPS) is 18.4. The van der Waals surface area contributed by atoms with Gasteiger partial charge in [0.05, 0.1) is 17.7 Å². The zero-order chi connectivity index (χ0) is 24.5. The van der Waals surface area contributed by atoms with Crippen LogP contribution in [0, 0.1) is 5.82 Å². The van der Waals surface area contributed by atoms with Crippen molar-refractivity contribution in [3.05, 3.63) is 60.4 Å². The lowest BCUT2D eigenvalue weighted by molar-refractivity contribution is 0.231. The largest absolute Gasteiger partial charge is 0.386 e. The number of imidazole rings is 1. The van der Waals surface area contributed by atoms with Crippen LogP contribution < -0.4 is 5.32 Å². The second-order valence-corrected chi connectivity index (χ2v) is 10.9. The molecule has 1 aromatic carbocycles. The third-order valence-corrected chi connectivity index (χ3v) is 8.30. The first-order valence-corrected chi connectivity index (χ1v) is 13.4. The van der Waals surface area contributed by atoms with Gasteiger partial charge in [0.25, 0.3) is 0 Å². The number of halogens is 1. The van der Waals surface area contributed by atoms with Crippen LogP contribution in [-0.4, -0.2) is 66.4 Å². The van der Waals surface area contributed by atoms with E-state index in [2.05, 4.69) is 34.5 Å². The predicted molar refractivity (Wildman–Crippen MR) is 140 cm³/mol. The van der Waals surface area contributed by atoms with Gasteiger partial charge in [-0.1, -0.05) is 6.07 Å². The molecule has 0 atom stereocenters. The SMILES string of the molecule is CNc1ccc(-c2ccc3c(CCN(C)C4CCS(=O)CC4)cn(-c4cn(C)cn4)c3n2)cc1F. The first kappa shape index (κ1) is 23.7. The van der Waals surface area contributed by atoms with Crippen molar-refractivity contribution in [2.75, 3.05) is 37.5 Å². The smallest absolute Gasteiger partial charge is 0.156 e. The molecule has 0 unspecified atom stereocenters. The molecule has 184 valence electrons. The zero-order valence-electron chi connectivity index (χ0n) is 20.4. The van der Waals surface area contributed by atoms with Crippen molar-refractivity contribution in [1.82, 2.24) is 24.0 Å². The van der Waals surface area contributed by atoms with Gasteiger partial charge in [-0.05, 0) is 56.1 Å². The van der Waals surface area contributed by atoms with E-state index in [1.165, 1.54) is 11.6 Å². The maximum atomic E-state index is 14.4. The van der Waals surface area contributed by atoms with E-state index in [1.807, 2.05) is 34.5 Å². The lowest BCUT2D eigenvalue weighted by atomic mass is 10.1. The van der Waals surface area contributed by atoms with Gasteiger partial charge in [0.15, 0.2) is 5.82 Å². The summed E-state index contributed by atoms with van der Waals surface area (Å²) in [5.74, 6) is 2.10. The highest BCUT2D eigenvalue weighted by Crippen LogP contribution is 2.29. The van der Waals surface area contributed by atoms with Gasteiger partial charge in [-0.2, -0.15) is 0 Å². The molecular formula is C26H31FN6OS. The van der Waals surface area contributed by atoms with Crippen molar-refractivity contribution >= 4 is 27.5 Å². The van der Waals surface area contributed by atoms with Crippen molar-refractivity contribution in [1.29, 1.82) is 0 Å². The Morgan fingerprint density at radius 3 is 2.69 bits per heavy atom. The molecule has 1 fully saturated rings. The number of nitrogens with one attached hydrogen (secondary N) is 1. The first-order chi connectivity index (χ1) is 16.9. The summed E-state index contributed by atoms with van der Waals surface area (Å²) in [4.78, 5) is 11.9. The number of pyridine rings is 1. The highest BCUT2D eigenvalue weighted by molar-refractivity contribution is 7.85. The second-order valence-electron chi connectivity index (χ2n) is 9.24. The van der Waals surface area contributed by atoms with Gasteiger partial charge in [-0.3, -0.25) is 8.78 Å². The van der Waals surface area contributed by atoms with Gasteiger partial charge >= 0.3 is 0 Å². The Bertz CT molecular complexity index is 1370. The highest BCUT2D eigenvalue weighted by atomic mass is 32.2. The van der Waals surface area contributed by atoms with E-state index in [0.717, 1.165) is 59.7 Å². The molecule has 0 aliphatic carbocycles. The number of anilines is 1. The number of nitrogens with zero attached hydrogens (tertiary/aromatic N) is 5. The van der Waals surface area contributed by atoms with Crippen LogP contribution in [0.5, 0.6) is 0 Å². The molecule has 1 saturated heterocycles. The van der Waals surface area contributed by atoms with Crippen LogP contribution in [0.3, 0.4) is 0 Å². The molecule has 3 aromatic heterocycles. The Hall–Kier alpha value is -3.04. The quantitative estimate of drug-likeness (QED) is 0.421. The van der Waals surface area contributed by atoms with Crippen molar-refractivity contribution < 1.29 is 8.60 Å². The topological polar surface area (TPSA) is 68.0 Å². The third-order valence-electron chi connectivity index (χ3n) is 6.92. The summed E-state index contributed by atoms with van der Waals surface area (Å²) in [6, 6.07) is 9.65. The van der Waals surface area contributed by atoms with E-state index in [1.54, 1.807) is 19.4 Å². The van der Waals surface area contributed by atoms with Gasteiger partial charge in [-0.25, -0.2) is 14.4 Å². The fourth-order valence-corrected chi connectivity index (χ4v) is 6.08. The van der Waals surface area contributed by atoms with Crippen LogP contribution in [0.25, 0.3) is 28.1 Å². The molecule has 1 N–H and O–H groups in total. The van der Waals surface area contributed by atoms with Crippen LogP contribution in [0.2, 0.25) is 0 Å². The summed E-state index contributed by atoms with van der Waals surface area (Å²) >= 11 is 0. The number of hydrogen-bond acceptors (Lipinski definition) is 5. The maximum Gasteiger partial charge on any atom is 0.156 e. The van der Waals surface area contributed by atoms with Crippen LogP contribution in [0.15, 0.2) is 49.1 Å². The van der Waals surface area contributed by atoms with E-state index in [-0.39, 0.29) is 5.82 Å².